The van der Waals surface area contributed by atoms with Gasteiger partial charge in [-0.3, -0.25) is 9.78 Å². The second-order valence-electron chi connectivity index (χ2n) is 3.24. The van der Waals surface area contributed by atoms with E-state index in [9.17, 15) is 4.79 Å². The molecule has 0 aliphatic carbocycles. The highest BCUT2D eigenvalue weighted by Crippen LogP contribution is 2.33. The van der Waals surface area contributed by atoms with Crippen LogP contribution in [0.3, 0.4) is 0 Å². The summed E-state index contributed by atoms with van der Waals surface area (Å²) < 4.78 is 0.372. The van der Waals surface area contributed by atoms with Gasteiger partial charge < -0.3 is 4.98 Å². The van der Waals surface area contributed by atoms with E-state index in [1.807, 2.05) is 22.9 Å². The first-order chi connectivity index (χ1) is 7.75. The molecule has 3 nitrogen and oxygen atoms in total. The fourth-order valence-corrected chi connectivity index (χ4v) is 3.63. The summed E-state index contributed by atoms with van der Waals surface area (Å²) in [7, 11) is 0. The van der Waals surface area contributed by atoms with Crippen LogP contribution in [0.1, 0.15) is 0 Å². The topological polar surface area (TPSA) is 48.6 Å². The van der Waals surface area contributed by atoms with Crippen LogP contribution in [-0.4, -0.2) is 9.97 Å². The number of aromatic amines is 2. The van der Waals surface area contributed by atoms with Crippen molar-refractivity contribution in [2.75, 3.05) is 0 Å². The summed E-state index contributed by atoms with van der Waals surface area (Å²) in [5, 5.41) is 4.68. The van der Waals surface area contributed by atoms with Crippen molar-refractivity contribution in [3.63, 3.8) is 0 Å². The number of hydrogen-bond donors (Lipinski definition) is 2. The highest BCUT2D eigenvalue weighted by atomic mass is 32.1. The minimum atomic E-state index is -0.122. The molecule has 3 aromatic heterocycles. The Hall–Kier alpha value is -1.24. The van der Waals surface area contributed by atoms with Crippen molar-refractivity contribution >= 4 is 45.1 Å². The van der Waals surface area contributed by atoms with Crippen LogP contribution in [0.15, 0.2) is 27.7 Å². The van der Waals surface area contributed by atoms with Crippen LogP contribution in [0.2, 0.25) is 0 Å². The molecule has 2 N–H and O–H groups in total. The Morgan fingerprint density at radius 1 is 1.25 bits per heavy atom. The Bertz CT molecular complexity index is 748. The third-order valence-corrected chi connectivity index (χ3v) is 4.26. The second-order valence-corrected chi connectivity index (χ2v) is 5.47. The van der Waals surface area contributed by atoms with Gasteiger partial charge in [0.15, 0.2) is 4.77 Å². The van der Waals surface area contributed by atoms with Gasteiger partial charge in [-0.1, -0.05) is 6.07 Å². The maximum Gasteiger partial charge on any atom is 0.261 e. The number of H-pyrrole nitrogens is 2. The van der Waals surface area contributed by atoms with Crippen LogP contribution in [0.5, 0.6) is 0 Å². The maximum atomic E-state index is 11.8. The molecule has 0 bridgehead atoms. The average molecular weight is 266 g/mol. The lowest BCUT2D eigenvalue weighted by Gasteiger charge is -1.93. The minimum absolute atomic E-state index is 0.122. The van der Waals surface area contributed by atoms with Crippen molar-refractivity contribution in [3.8, 4) is 10.4 Å². The molecule has 0 amide bonds. The van der Waals surface area contributed by atoms with E-state index in [4.69, 9.17) is 12.2 Å². The van der Waals surface area contributed by atoms with Gasteiger partial charge in [0.1, 0.15) is 4.83 Å². The summed E-state index contributed by atoms with van der Waals surface area (Å²) in [6, 6.07) is 3.98. The van der Waals surface area contributed by atoms with Crippen LogP contribution in [0, 0.1) is 4.77 Å². The van der Waals surface area contributed by atoms with Crippen molar-refractivity contribution in [1.29, 1.82) is 0 Å². The smallest absolute Gasteiger partial charge is 0.261 e. The largest absolute Gasteiger partial charge is 0.323 e. The molecule has 16 heavy (non-hydrogen) atoms. The van der Waals surface area contributed by atoms with E-state index < -0.39 is 0 Å². The van der Waals surface area contributed by atoms with E-state index >= 15 is 0 Å². The van der Waals surface area contributed by atoms with Gasteiger partial charge in [0.25, 0.3) is 5.56 Å². The summed E-state index contributed by atoms with van der Waals surface area (Å²) in [4.78, 5) is 19.4. The van der Waals surface area contributed by atoms with Crippen molar-refractivity contribution in [1.82, 2.24) is 9.97 Å². The number of hydrogen-bond acceptors (Lipinski definition) is 4. The number of thiophene rings is 2. The molecule has 0 spiro atoms. The lowest BCUT2D eigenvalue weighted by atomic mass is 10.2. The van der Waals surface area contributed by atoms with Gasteiger partial charge >= 0.3 is 0 Å². The molecule has 0 atom stereocenters. The predicted molar refractivity (Wildman–Crippen MR) is 70.9 cm³/mol. The van der Waals surface area contributed by atoms with Crippen molar-refractivity contribution in [2.24, 2.45) is 0 Å². The number of rotatable bonds is 1. The molecule has 3 aromatic rings. The first kappa shape index (κ1) is 9.95. The third kappa shape index (κ3) is 1.46. The van der Waals surface area contributed by atoms with Crippen LogP contribution in [0.4, 0.5) is 0 Å². The van der Waals surface area contributed by atoms with Gasteiger partial charge in [-0.2, -0.15) is 0 Å². The Morgan fingerprint density at radius 2 is 2.12 bits per heavy atom. The number of aromatic nitrogens is 2. The molecule has 0 radical (unpaired) electrons. The van der Waals surface area contributed by atoms with Crippen molar-refractivity contribution in [3.05, 3.63) is 38.0 Å². The molecule has 0 saturated heterocycles. The second kappa shape index (κ2) is 3.65. The molecule has 80 valence electrons. The normalized spacial score (nSPS) is 11.0. The van der Waals surface area contributed by atoms with Gasteiger partial charge in [-0.15, -0.1) is 22.7 Å². The zero-order valence-electron chi connectivity index (χ0n) is 7.94. The quantitative estimate of drug-likeness (QED) is 0.663. The number of nitrogens with one attached hydrogen (secondary N) is 2. The molecule has 3 heterocycles. The van der Waals surface area contributed by atoms with Crippen LogP contribution >= 0.6 is 34.9 Å². The monoisotopic (exact) mass is 266 g/mol. The molecule has 0 unspecified atom stereocenters. The van der Waals surface area contributed by atoms with Gasteiger partial charge in [-0.05, 0) is 23.7 Å². The predicted octanol–water partition coefficient (Wildman–Crippen LogP) is 3.38. The first-order valence-corrected chi connectivity index (χ1v) is 6.70. The SMILES string of the molecule is O=c1[nH]c(=S)[nH]c2scc(-c3cccs3)c12. The summed E-state index contributed by atoms with van der Waals surface area (Å²) in [6.07, 6.45) is 0. The fraction of sp³-hybridized carbons (Fsp3) is 0. The van der Waals surface area contributed by atoms with Gasteiger partial charge in [-0.25, -0.2) is 0 Å². The molecule has 3 rings (SSSR count). The summed E-state index contributed by atoms with van der Waals surface area (Å²) >= 11 is 8.06. The Labute approximate surface area is 103 Å². The van der Waals surface area contributed by atoms with Gasteiger partial charge in [0, 0.05) is 15.8 Å². The van der Waals surface area contributed by atoms with E-state index in [1.54, 1.807) is 11.3 Å². The van der Waals surface area contributed by atoms with Crippen molar-refractivity contribution in [2.45, 2.75) is 0 Å². The molecule has 6 heteroatoms. The zero-order valence-corrected chi connectivity index (χ0v) is 10.4. The zero-order chi connectivity index (χ0) is 11.1. The summed E-state index contributed by atoms with van der Waals surface area (Å²) in [5.41, 5.74) is 0.853. The molecule has 0 saturated carbocycles. The standard InChI is InChI=1S/C10H6N2OS3/c13-8-7-5(6-2-1-3-15-6)4-16-9(7)12-10(14)11-8/h1-4H,(H2,11,12,13,14). The first-order valence-electron chi connectivity index (χ1n) is 4.53. The lowest BCUT2D eigenvalue weighted by molar-refractivity contribution is 1.15. The molecule has 0 aliphatic rings. The number of fused-ring (bicyclic) bond motifs is 1. The van der Waals surface area contributed by atoms with Crippen LogP contribution in [-0.2, 0) is 0 Å². The van der Waals surface area contributed by atoms with E-state index in [-0.39, 0.29) is 5.56 Å². The molecular formula is C10H6N2OS3. The molecule has 0 aromatic carbocycles. The highest BCUT2D eigenvalue weighted by Gasteiger charge is 2.10. The van der Waals surface area contributed by atoms with E-state index in [0.717, 1.165) is 15.3 Å². The lowest BCUT2D eigenvalue weighted by Crippen LogP contribution is -2.06. The van der Waals surface area contributed by atoms with Gasteiger partial charge in [0.2, 0.25) is 0 Å². The third-order valence-electron chi connectivity index (χ3n) is 2.26. The highest BCUT2D eigenvalue weighted by molar-refractivity contribution is 7.71. The van der Waals surface area contributed by atoms with E-state index in [1.165, 1.54) is 11.3 Å². The Morgan fingerprint density at radius 3 is 2.88 bits per heavy atom. The van der Waals surface area contributed by atoms with Gasteiger partial charge in [0.05, 0.1) is 5.39 Å². The van der Waals surface area contributed by atoms with E-state index in [0.29, 0.717) is 10.2 Å². The molecule has 0 aliphatic heterocycles. The average Bonchev–Trinajstić information content (AvgIpc) is 2.82. The molecule has 0 fully saturated rings. The Balaban J connectivity index is 2.45. The van der Waals surface area contributed by atoms with E-state index in [2.05, 4.69) is 9.97 Å². The van der Waals surface area contributed by atoms with Crippen LogP contribution in [0.25, 0.3) is 20.7 Å². The summed E-state index contributed by atoms with van der Waals surface area (Å²) in [6.45, 7) is 0. The molecular weight excluding hydrogens is 260 g/mol. The summed E-state index contributed by atoms with van der Waals surface area (Å²) in [5.74, 6) is 0. The Kier molecular flexibility index (Phi) is 2.27. The minimum Gasteiger partial charge on any atom is -0.323 e. The maximum absolute atomic E-state index is 11.8. The fourth-order valence-electron chi connectivity index (χ4n) is 1.59. The van der Waals surface area contributed by atoms with Crippen LogP contribution < -0.4 is 5.56 Å². The van der Waals surface area contributed by atoms with Crippen molar-refractivity contribution < 1.29 is 0 Å².